The van der Waals surface area contributed by atoms with Crippen LogP contribution in [0.2, 0.25) is 0 Å². The monoisotopic (exact) mass is 194 g/mol. The van der Waals surface area contributed by atoms with E-state index in [-0.39, 0.29) is 5.82 Å². The first-order valence-corrected chi connectivity index (χ1v) is 3.94. The summed E-state index contributed by atoms with van der Waals surface area (Å²) >= 11 is 0. The van der Waals surface area contributed by atoms with Crippen molar-refractivity contribution in [1.29, 1.82) is 0 Å². The highest BCUT2D eigenvalue weighted by Gasteiger charge is 1.91. The van der Waals surface area contributed by atoms with Crippen LogP contribution in [0.5, 0.6) is 0 Å². The van der Waals surface area contributed by atoms with Crippen LogP contribution in [-0.4, -0.2) is 6.21 Å². The predicted octanol–water partition coefficient (Wildman–Crippen LogP) is 0.791. The van der Waals surface area contributed by atoms with Crippen LogP contribution in [0.1, 0.15) is 0 Å². The number of nitrogens with two attached hydrogens (primary N) is 2. The molecule has 0 aliphatic carbocycles. The number of benzene rings is 1. The lowest BCUT2D eigenvalue weighted by atomic mass is 10.3. The van der Waals surface area contributed by atoms with Gasteiger partial charge in [-0.2, -0.15) is 0 Å². The van der Waals surface area contributed by atoms with Gasteiger partial charge in [-0.25, -0.2) is 4.39 Å². The summed E-state index contributed by atoms with van der Waals surface area (Å²) in [4.78, 5) is 3.95. The average Bonchev–Trinajstić information content (AvgIpc) is 2.19. The zero-order valence-corrected chi connectivity index (χ0v) is 7.44. The molecule has 1 aromatic rings. The van der Waals surface area contributed by atoms with Gasteiger partial charge in [0.05, 0.1) is 17.6 Å². The van der Waals surface area contributed by atoms with Crippen LogP contribution in [0, 0.1) is 5.82 Å². The highest BCUT2D eigenvalue weighted by Crippen LogP contribution is 2.12. The average molecular weight is 194 g/mol. The molecule has 74 valence electrons. The van der Waals surface area contributed by atoms with Gasteiger partial charge in [-0.15, -0.1) is 0 Å². The quantitative estimate of drug-likeness (QED) is 0.378. The third-order valence-electron chi connectivity index (χ3n) is 1.51. The highest BCUT2D eigenvalue weighted by molar-refractivity contribution is 5.79. The van der Waals surface area contributed by atoms with Crippen molar-refractivity contribution in [3.8, 4) is 0 Å². The Hall–Kier alpha value is -1.88. The molecule has 0 spiro atoms. The minimum absolute atomic E-state index is 0.335. The molecule has 5 N–H and O–H groups in total. The first kappa shape index (κ1) is 10.2. The molecule has 0 fully saturated rings. The summed E-state index contributed by atoms with van der Waals surface area (Å²) in [6, 6.07) is 5.90. The SMILES string of the molecule is NC=C(C=Nc1cccc(F)c1)NN. The zero-order valence-electron chi connectivity index (χ0n) is 7.44. The van der Waals surface area contributed by atoms with E-state index in [9.17, 15) is 4.39 Å². The first-order valence-electron chi connectivity index (χ1n) is 3.94. The van der Waals surface area contributed by atoms with Gasteiger partial charge in [-0.3, -0.25) is 10.8 Å². The number of hydrogen-bond donors (Lipinski definition) is 3. The summed E-state index contributed by atoms with van der Waals surface area (Å²) in [5.41, 5.74) is 8.49. The second-order valence-electron chi connectivity index (χ2n) is 2.50. The van der Waals surface area contributed by atoms with Crippen LogP contribution in [0.4, 0.5) is 10.1 Å². The highest BCUT2D eigenvalue weighted by atomic mass is 19.1. The Morgan fingerprint density at radius 1 is 1.50 bits per heavy atom. The van der Waals surface area contributed by atoms with Crippen molar-refractivity contribution in [1.82, 2.24) is 5.43 Å². The molecule has 0 bridgehead atoms. The predicted molar refractivity (Wildman–Crippen MR) is 54.1 cm³/mol. The minimum Gasteiger partial charge on any atom is -0.403 e. The Labute approximate surface area is 81.1 Å². The molecule has 1 aromatic carbocycles. The van der Waals surface area contributed by atoms with Gasteiger partial charge in [-0.05, 0) is 18.2 Å². The van der Waals surface area contributed by atoms with Crippen LogP contribution in [0.25, 0.3) is 0 Å². The zero-order chi connectivity index (χ0) is 10.4. The van der Waals surface area contributed by atoms with Crippen molar-refractivity contribution in [2.45, 2.75) is 0 Å². The molecule has 0 radical (unpaired) electrons. The summed E-state index contributed by atoms with van der Waals surface area (Å²) < 4.78 is 12.7. The lowest BCUT2D eigenvalue weighted by Crippen LogP contribution is -2.22. The van der Waals surface area contributed by atoms with E-state index in [2.05, 4.69) is 10.4 Å². The molecule has 0 saturated carbocycles. The Balaban J connectivity index is 2.78. The second-order valence-corrected chi connectivity index (χ2v) is 2.50. The molecule has 0 saturated heterocycles. The first-order chi connectivity index (χ1) is 6.76. The second kappa shape index (κ2) is 4.98. The van der Waals surface area contributed by atoms with Crippen molar-refractivity contribution in [3.05, 3.63) is 42.0 Å². The molecule has 4 nitrogen and oxygen atoms in total. The standard InChI is InChI=1S/C9H11FN4/c10-7-2-1-3-8(4-7)13-6-9(5-11)14-12/h1-6,14H,11-12H2. The largest absolute Gasteiger partial charge is 0.403 e. The molecule has 14 heavy (non-hydrogen) atoms. The van der Waals surface area contributed by atoms with Gasteiger partial charge in [0.25, 0.3) is 0 Å². The van der Waals surface area contributed by atoms with Crippen LogP contribution in [0.15, 0.2) is 41.2 Å². The number of nitrogens with zero attached hydrogens (tertiary/aromatic N) is 1. The third-order valence-corrected chi connectivity index (χ3v) is 1.51. The summed E-state index contributed by atoms with van der Waals surface area (Å²) in [5.74, 6) is 4.78. The van der Waals surface area contributed by atoms with E-state index in [0.29, 0.717) is 11.4 Å². The van der Waals surface area contributed by atoms with Crippen LogP contribution >= 0.6 is 0 Å². The number of rotatable bonds is 3. The number of hydrogen-bond acceptors (Lipinski definition) is 4. The topological polar surface area (TPSA) is 76.4 Å². The van der Waals surface area contributed by atoms with Crippen molar-refractivity contribution in [2.75, 3.05) is 0 Å². The molecule has 0 aromatic heterocycles. The van der Waals surface area contributed by atoms with Gasteiger partial charge < -0.3 is 11.2 Å². The molecular formula is C9H11FN4. The van der Waals surface area contributed by atoms with Gasteiger partial charge in [0.2, 0.25) is 0 Å². The van der Waals surface area contributed by atoms with Crippen LogP contribution in [0.3, 0.4) is 0 Å². The number of aliphatic imine (C=N–C) groups is 1. The van der Waals surface area contributed by atoms with E-state index in [1.54, 1.807) is 12.1 Å². The Kier molecular flexibility index (Phi) is 3.63. The van der Waals surface area contributed by atoms with Crippen LogP contribution < -0.4 is 17.0 Å². The van der Waals surface area contributed by atoms with Gasteiger partial charge in [0.1, 0.15) is 5.82 Å². The van der Waals surface area contributed by atoms with E-state index in [1.165, 1.54) is 24.5 Å². The summed E-state index contributed by atoms with van der Waals surface area (Å²) in [5, 5.41) is 0. The molecule has 0 atom stereocenters. The molecule has 0 heterocycles. The molecule has 0 aliphatic rings. The summed E-state index contributed by atoms with van der Waals surface area (Å²) in [6.07, 6.45) is 2.68. The Morgan fingerprint density at radius 3 is 2.86 bits per heavy atom. The maximum atomic E-state index is 12.7. The van der Waals surface area contributed by atoms with Crippen molar-refractivity contribution < 1.29 is 4.39 Å². The van der Waals surface area contributed by atoms with E-state index < -0.39 is 0 Å². The van der Waals surface area contributed by atoms with E-state index in [1.807, 2.05) is 0 Å². The van der Waals surface area contributed by atoms with Crippen molar-refractivity contribution in [2.24, 2.45) is 16.6 Å². The number of halogens is 1. The van der Waals surface area contributed by atoms with Gasteiger partial charge in [0, 0.05) is 6.20 Å². The summed E-state index contributed by atoms with van der Waals surface area (Å²) in [7, 11) is 0. The van der Waals surface area contributed by atoms with Crippen molar-refractivity contribution >= 4 is 11.9 Å². The maximum Gasteiger partial charge on any atom is 0.125 e. The molecule has 0 unspecified atom stereocenters. The van der Waals surface area contributed by atoms with Gasteiger partial charge in [-0.1, -0.05) is 6.07 Å². The molecular weight excluding hydrogens is 183 g/mol. The van der Waals surface area contributed by atoms with E-state index in [4.69, 9.17) is 11.6 Å². The fourth-order valence-corrected chi connectivity index (χ4v) is 0.829. The number of allylic oxidation sites excluding steroid dienone is 1. The molecule has 0 aliphatic heterocycles. The molecule has 0 amide bonds. The summed E-state index contributed by atoms with van der Waals surface area (Å²) in [6.45, 7) is 0. The Bertz CT molecular complexity index is 360. The smallest absolute Gasteiger partial charge is 0.125 e. The van der Waals surface area contributed by atoms with Crippen molar-refractivity contribution in [3.63, 3.8) is 0 Å². The lowest BCUT2D eigenvalue weighted by molar-refractivity contribution is 0.628. The lowest BCUT2D eigenvalue weighted by Gasteiger charge is -1.97. The van der Waals surface area contributed by atoms with Gasteiger partial charge >= 0.3 is 0 Å². The maximum absolute atomic E-state index is 12.7. The third kappa shape index (κ3) is 2.87. The van der Waals surface area contributed by atoms with Gasteiger partial charge in [0.15, 0.2) is 0 Å². The van der Waals surface area contributed by atoms with Crippen LogP contribution in [-0.2, 0) is 0 Å². The minimum atomic E-state index is -0.335. The fourth-order valence-electron chi connectivity index (χ4n) is 0.829. The number of nitrogens with one attached hydrogen (secondary N) is 1. The normalized spacial score (nSPS) is 12.0. The molecule has 1 rings (SSSR count). The Morgan fingerprint density at radius 2 is 2.29 bits per heavy atom. The number of hydrazine groups is 1. The van der Waals surface area contributed by atoms with E-state index in [0.717, 1.165) is 0 Å². The fraction of sp³-hybridized carbons (Fsp3) is 0. The molecule has 5 heteroatoms. The van der Waals surface area contributed by atoms with E-state index >= 15 is 0 Å².